The largest absolute Gasteiger partial charge is 0.380 e. The van der Waals surface area contributed by atoms with Crippen LogP contribution >= 0.6 is 0 Å². The molecule has 6 nitrogen and oxygen atoms in total. The highest BCUT2D eigenvalue weighted by molar-refractivity contribution is 5.87. The number of aldehydes is 1. The van der Waals surface area contributed by atoms with E-state index in [2.05, 4.69) is 28.5 Å². The Morgan fingerprint density at radius 3 is 2.86 bits per heavy atom. The SMILES string of the molecule is CCOCCn1c(-c2ccc(N3CCCC3C)nc2)nc2cc(C=O)ccc21. The van der Waals surface area contributed by atoms with Crippen LogP contribution in [0.1, 0.15) is 37.0 Å². The zero-order chi connectivity index (χ0) is 19.5. The second-order valence-electron chi connectivity index (χ2n) is 7.24. The summed E-state index contributed by atoms with van der Waals surface area (Å²) in [5, 5.41) is 0. The number of hydrogen-bond acceptors (Lipinski definition) is 5. The van der Waals surface area contributed by atoms with E-state index in [9.17, 15) is 4.79 Å². The lowest BCUT2D eigenvalue weighted by molar-refractivity contribution is 0.112. The van der Waals surface area contributed by atoms with Gasteiger partial charge in [-0.25, -0.2) is 9.97 Å². The molecule has 0 amide bonds. The van der Waals surface area contributed by atoms with Gasteiger partial charge in [0.2, 0.25) is 0 Å². The van der Waals surface area contributed by atoms with Crippen LogP contribution in [0.3, 0.4) is 0 Å². The highest BCUT2D eigenvalue weighted by atomic mass is 16.5. The highest BCUT2D eigenvalue weighted by Crippen LogP contribution is 2.28. The average molecular weight is 378 g/mol. The van der Waals surface area contributed by atoms with Crippen LogP contribution in [-0.4, -0.2) is 46.6 Å². The van der Waals surface area contributed by atoms with Gasteiger partial charge in [0.25, 0.3) is 0 Å². The van der Waals surface area contributed by atoms with E-state index in [0.29, 0.717) is 31.4 Å². The molecule has 3 heterocycles. The van der Waals surface area contributed by atoms with Gasteiger partial charge in [0, 0.05) is 43.1 Å². The number of fused-ring (bicyclic) bond motifs is 1. The van der Waals surface area contributed by atoms with E-state index in [1.165, 1.54) is 12.8 Å². The van der Waals surface area contributed by atoms with Crippen molar-refractivity contribution >= 4 is 23.1 Å². The van der Waals surface area contributed by atoms with Gasteiger partial charge in [-0.3, -0.25) is 4.79 Å². The Morgan fingerprint density at radius 2 is 2.18 bits per heavy atom. The zero-order valence-corrected chi connectivity index (χ0v) is 16.5. The predicted octanol–water partition coefficient (Wildman–Crippen LogP) is 3.94. The van der Waals surface area contributed by atoms with Gasteiger partial charge in [-0.15, -0.1) is 0 Å². The van der Waals surface area contributed by atoms with Crippen molar-refractivity contribution in [3.05, 3.63) is 42.1 Å². The van der Waals surface area contributed by atoms with Gasteiger partial charge in [0.1, 0.15) is 17.9 Å². The van der Waals surface area contributed by atoms with Crippen molar-refractivity contribution < 1.29 is 9.53 Å². The van der Waals surface area contributed by atoms with Crippen molar-refractivity contribution in [3.8, 4) is 11.4 Å². The molecule has 1 fully saturated rings. The van der Waals surface area contributed by atoms with Crippen LogP contribution in [0.4, 0.5) is 5.82 Å². The molecule has 0 aliphatic carbocycles. The molecule has 0 bridgehead atoms. The first kappa shape index (κ1) is 18.6. The fraction of sp³-hybridized carbons (Fsp3) is 0.409. The third kappa shape index (κ3) is 3.52. The summed E-state index contributed by atoms with van der Waals surface area (Å²) in [7, 11) is 0. The first-order valence-corrected chi connectivity index (χ1v) is 9.97. The number of pyridine rings is 1. The van der Waals surface area contributed by atoms with E-state index in [4.69, 9.17) is 14.7 Å². The molecule has 3 aromatic rings. The number of carbonyl (C=O) groups excluding carboxylic acids is 1. The highest BCUT2D eigenvalue weighted by Gasteiger charge is 2.21. The van der Waals surface area contributed by atoms with Crippen molar-refractivity contribution in [2.75, 3.05) is 24.7 Å². The lowest BCUT2D eigenvalue weighted by Gasteiger charge is -2.22. The van der Waals surface area contributed by atoms with Crippen molar-refractivity contribution in [2.24, 2.45) is 0 Å². The number of nitrogens with zero attached hydrogens (tertiary/aromatic N) is 4. The summed E-state index contributed by atoms with van der Waals surface area (Å²) in [6.45, 7) is 7.30. The summed E-state index contributed by atoms with van der Waals surface area (Å²) in [5.41, 5.74) is 3.41. The fourth-order valence-corrected chi connectivity index (χ4v) is 3.93. The molecule has 146 valence electrons. The standard InChI is InChI=1S/C22H26N4O2/c1-3-28-12-11-26-20-8-6-17(15-27)13-19(20)24-22(26)18-7-9-21(23-14-18)25-10-4-5-16(25)2/h6-9,13-16H,3-5,10-12H2,1-2H3. The molecule has 0 saturated carbocycles. The number of anilines is 1. The Labute approximate surface area is 165 Å². The van der Waals surface area contributed by atoms with Crippen LogP contribution in [0.2, 0.25) is 0 Å². The number of imidazole rings is 1. The zero-order valence-electron chi connectivity index (χ0n) is 16.5. The molecule has 0 spiro atoms. The molecule has 2 aromatic heterocycles. The van der Waals surface area contributed by atoms with Crippen LogP contribution < -0.4 is 4.90 Å². The Balaban J connectivity index is 1.71. The number of hydrogen-bond donors (Lipinski definition) is 0. The maximum absolute atomic E-state index is 11.1. The molecular weight excluding hydrogens is 352 g/mol. The summed E-state index contributed by atoms with van der Waals surface area (Å²) < 4.78 is 7.71. The minimum Gasteiger partial charge on any atom is -0.380 e. The molecule has 1 aliphatic heterocycles. The molecule has 0 radical (unpaired) electrons. The molecule has 4 rings (SSSR count). The maximum atomic E-state index is 11.1. The number of rotatable bonds is 7. The van der Waals surface area contributed by atoms with Crippen LogP contribution in [-0.2, 0) is 11.3 Å². The van der Waals surface area contributed by atoms with E-state index in [1.807, 2.05) is 31.3 Å². The molecule has 6 heteroatoms. The molecule has 1 aliphatic rings. The average Bonchev–Trinajstić information content (AvgIpc) is 3.31. The molecular formula is C22H26N4O2. The lowest BCUT2D eigenvalue weighted by Crippen LogP contribution is -2.26. The first-order valence-electron chi connectivity index (χ1n) is 9.97. The topological polar surface area (TPSA) is 60.2 Å². The van der Waals surface area contributed by atoms with Crippen molar-refractivity contribution in [2.45, 2.75) is 39.3 Å². The second-order valence-corrected chi connectivity index (χ2v) is 7.24. The quantitative estimate of drug-likeness (QED) is 0.460. The van der Waals surface area contributed by atoms with Crippen LogP contribution in [0, 0.1) is 0 Å². The molecule has 1 unspecified atom stereocenters. The van der Waals surface area contributed by atoms with Crippen LogP contribution in [0.25, 0.3) is 22.4 Å². The molecule has 1 aromatic carbocycles. The minimum atomic E-state index is 0.538. The second kappa shape index (κ2) is 8.10. The van der Waals surface area contributed by atoms with E-state index in [1.54, 1.807) is 0 Å². The number of aromatic nitrogens is 3. The summed E-state index contributed by atoms with van der Waals surface area (Å²) in [6.07, 6.45) is 5.19. The summed E-state index contributed by atoms with van der Waals surface area (Å²) in [6, 6.07) is 10.3. The van der Waals surface area contributed by atoms with Crippen molar-refractivity contribution in [3.63, 3.8) is 0 Å². The summed E-state index contributed by atoms with van der Waals surface area (Å²) in [4.78, 5) is 23.0. The van der Waals surface area contributed by atoms with E-state index in [0.717, 1.165) is 41.1 Å². The number of ether oxygens (including phenoxy) is 1. The summed E-state index contributed by atoms with van der Waals surface area (Å²) >= 11 is 0. The third-order valence-corrected chi connectivity index (χ3v) is 5.43. The van der Waals surface area contributed by atoms with Crippen molar-refractivity contribution in [1.29, 1.82) is 0 Å². The van der Waals surface area contributed by atoms with Gasteiger partial charge in [0.05, 0.1) is 17.6 Å². The molecule has 28 heavy (non-hydrogen) atoms. The smallest absolute Gasteiger partial charge is 0.150 e. The van der Waals surface area contributed by atoms with Gasteiger partial charge in [-0.2, -0.15) is 0 Å². The fourth-order valence-electron chi connectivity index (χ4n) is 3.93. The van der Waals surface area contributed by atoms with Crippen LogP contribution in [0.5, 0.6) is 0 Å². The van der Waals surface area contributed by atoms with Gasteiger partial charge < -0.3 is 14.2 Å². The summed E-state index contributed by atoms with van der Waals surface area (Å²) in [5.74, 6) is 1.88. The third-order valence-electron chi connectivity index (χ3n) is 5.43. The van der Waals surface area contributed by atoms with Gasteiger partial charge >= 0.3 is 0 Å². The first-order chi connectivity index (χ1) is 13.7. The van der Waals surface area contributed by atoms with Gasteiger partial charge in [0.15, 0.2) is 0 Å². The lowest BCUT2D eigenvalue weighted by atomic mass is 10.2. The van der Waals surface area contributed by atoms with Crippen LogP contribution in [0.15, 0.2) is 36.5 Å². The number of benzene rings is 1. The van der Waals surface area contributed by atoms with E-state index < -0.39 is 0 Å². The monoisotopic (exact) mass is 378 g/mol. The Bertz CT molecular complexity index is 965. The maximum Gasteiger partial charge on any atom is 0.150 e. The molecule has 1 saturated heterocycles. The van der Waals surface area contributed by atoms with Gasteiger partial charge in [-0.1, -0.05) is 0 Å². The Kier molecular flexibility index (Phi) is 5.39. The number of carbonyl (C=O) groups is 1. The van der Waals surface area contributed by atoms with E-state index in [-0.39, 0.29) is 0 Å². The predicted molar refractivity (Wildman–Crippen MR) is 111 cm³/mol. The van der Waals surface area contributed by atoms with E-state index >= 15 is 0 Å². The van der Waals surface area contributed by atoms with Crippen molar-refractivity contribution in [1.82, 2.24) is 14.5 Å². The van der Waals surface area contributed by atoms with Gasteiger partial charge in [-0.05, 0) is 57.0 Å². The molecule has 1 atom stereocenters. The Hall–Kier alpha value is -2.73. The molecule has 0 N–H and O–H groups in total. The normalized spacial score (nSPS) is 16.8. The minimum absolute atomic E-state index is 0.538. The Morgan fingerprint density at radius 1 is 1.29 bits per heavy atom.